The molecule has 0 aliphatic rings. The lowest BCUT2D eigenvalue weighted by atomic mass is 10.1. The van der Waals surface area contributed by atoms with E-state index in [0.717, 1.165) is 15.2 Å². The van der Waals surface area contributed by atoms with E-state index in [1.807, 2.05) is 12.3 Å². The van der Waals surface area contributed by atoms with Crippen molar-refractivity contribution in [1.29, 1.82) is 0 Å². The lowest BCUT2D eigenvalue weighted by Gasteiger charge is -2.01. The van der Waals surface area contributed by atoms with Crippen LogP contribution in [0, 0.1) is 6.92 Å². The summed E-state index contributed by atoms with van der Waals surface area (Å²) in [6.45, 7) is 1.92. The van der Waals surface area contributed by atoms with Crippen LogP contribution in [0.15, 0.2) is 28.1 Å². The van der Waals surface area contributed by atoms with E-state index in [9.17, 15) is 4.79 Å². The number of aryl methyl sites for hydroxylation is 1. The molecule has 2 rings (SSSR count). The SMILES string of the molecule is Cc1csc(CC(=O)c2cc(Cl)cc(Br)c2)n1. The Labute approximate surface area is 117 Å². The normalized spacial score (nSPS) is 10.5. The minimum Gasteiger partial charge on any atom is -0.294 e. The van der Waals surface area contributed by atoms with Crippen molar-refractivity contribution in [3.8, 4) is 0 Å². The number of aromatic nitrogens is 1. The van der Waals surface area contributed by atoms with Gasteiger partial charge in [-0.3, -0.25) is 4.79 Å². The van der Waals surface area contributed by atoms with Gasteiger partial charge in [0.1, 0.15) is 5.01 Å². The molecule has 0 bridgehead atoms. The van der Waals surface area contributed by atoms with Crippen LogP contribution in [0.1, 0.15) is 21.1 Å². The fourth-order valence-electron chi connectivity index (χ4n) is 1.44. The molecule has 0 N–H and O–H groups in total. The molecule has 0 fully saturated rings. The van der Waals surface area contributed by atoms with Gasteiger partial charge in [0.25, 0.3) is 0 Å². The summed E-state index contributed by atoms with van der Waals surface area (Å²) >= 11 is 10.7. The van der Waals surface area contributed by atoms with E-state index >= 15 is 0 Å². The molecule has 0 unspecified atom stereocenters. The number of carbonyl (C=O) groups is 1. The first-order chi connectivity index (χ1) is 8.04. The lowest BCUT2D eigenvalue weighted by Crippen LogP contribution is -2.03. The third-order valence-electron chi connectivity index (χ3n) is 2.16. The molecule has 2 aromatic rings. The number of thiazole rings is 1. The zero-order valence-corrected chi connectivity index (χ0v) is 12.2. The third-order valence-corrected chi connectivity index (χ3v) is 3.81. The molecule has 1 aromatic heterocycles. The molecule has 88 valence electrons. The fourth-order valence-corrected chi connectivity index (χ4v) is 3.07. The molecule has 0 spiro atoms. The number of benzene rings is 1. The third kappa shape index (κ3) is 3.37. The highest BCUT2D eigenvalue weighted by Crippen LogP contribution is 2.21. The second-order valence-corrected chi connectivity index (χ2v) is 5.94. The molecule has 1 aromatic carbocycles. The minimum atomic E-state index is 0.0301. The van der Waals surface area contributed by atoms with Crippen LogP contribution in [-0.2, 0) is 6.42 Å². The van der Waals surface area contributed by atoms with Crippen LogP contribution in [-0.4, -0.2) is 10.8 Å². The summed E-state index contributed by atoms with van der Waals surface area (Å²) in [6, 6.07) is 5.20. The smallest absolute Gasteiger partial charge is 0.169 e. The quantitative estimate of drug-likeness (QED) is 0.786. The average molecular weight is 331 g/mol. The summed E-state index contributed by atoms with van der Waals surface area (Å²) in [4.78, 5) is 16.3. The second kappa shape index (κ2) is 5.29. The summed E-state index contributed by atoms with van der Waals surface area (Å²) in [5, 5.41) is 3.33. The first kappa shape index (κ1) is 12.7. The highest BCUT2D eigenvalue weighted by molar-refractivity contribution is 9.10. The van der Waals surface area contributed by atoms with Gasteiger partial charge in [0.05, 0.1) is 6.42 Å². The van der Waals surface area contributed by atoms with Crippen molar-refractivity contribution < 1.29 is 4.79 Å². The van der Waals surface area contributed by atoms with E-state index in [-0.39, 0.29) is 5.78 Å². The number of halogens is 2. The van der Waals surface area contributed by atoms with Gasteiger partial charge in [0, 0.05) is 26.1 Å². The molecule has 0 saturated heterocycles. The van der Waals surface area contributed by atoms with Crippen LogP contribution in [0.2, 0.25) is 5.02 Å². The van der Waals surface area contributed by atoms with Crippen molar-refractivity contribution in [3.63, 3.8) is 0 Å². The number of hydrogen-bond donors (Lipinski definition) is 0. The lowest BCUT2D eigenvalue weighted by molar-refractivity contribution is 0.0993. The van der Waals surface area contributed by atoms with Gasteiger partial charge in [0.15, 0.2) is 5.78 Å². The van der Waals surface area contributed by atoms with E-state index in [1.165, 1.54) is 11.3 Å². The Morgan fingerprint density at radius 2 is 2.24 bits per heavy atom. The van der Waals surface area contributed by atoms with Gasteiger partial charge in [-0.15, -0.1) is 11.3 Å². The fraction of sp³-hybridized carbons (Fsp3) is 0.167. The molecule has 0 amide bonds. The van der Waals surface area contributed by atoms with Crippen molar-refractivity contribution in [1.82, 2.24) is 4.98 Å². The molecule has 0 aliphatic carbocycles. The number of rotatable bonds is 3. The maximum Gasteiger partial charge on any atom is 0.169 e. The zero-order valence-electron chi connectivity index (χ0n) is 9.04. The van der Waals surface area contributed by atoms with E-state index in [4.69, 9.17) is 11.6 Å². The van der Waals surface area contributed by atoms with E-state index in [1.54, 1.807) is 18.2 Å². The number of ketones is 1. The minimum absolute atomic E-state index is 0.0301. The standard InChI is InChI=1S/C12H9BrClNOS/c1-7-6-17-12(15-7)5-11(16)8-2-9(13)4-10(14)3-8/h2-4,6H,5H2,1H3. The number of carbonyl (C=O) groups excluding carboxylic acids is 1. The summed E-state index contributed by atoms with van der Waals surface area (Å²) in [6.07, 6.45) is 0.325. The zero-order chi connectivity index (χ0) is 12.4. The second-order valence-electron chi connectivity index (χ2n) is 3.64. The van der Waals surface area contributed by atoms with Crippen molar-refractivity contribution in [2.75, 3.05) is 0 Å². The van der Waals surface area contributed by atoms with Crippen LogP contribution in [0.25, 0.3) is 0 Å². The number of Topliss-reactive ketones (excluding diaryl/α,β-unsaturated/α-hetero) is 1. The largest absolute Gasteiger partial charge is 0.294 e. The van der Waals surface area contributed by atoms with Gasteiger partial charge in [-0.25, -0.2) is 4.98 Å². The van der Waals surface area contributed by atoms with Gasteiger partial charge < -0.3 is 0 Å². The van der Waals surface area contributed by atoms with Gasteiger partial charge in [-0.2, -0.15) is 0 Å². The monoisotopic (exact) mass is 329 g/mol. The topological polar surface area (TPSA) is 30.0 Å². The van der Waals surface area contributed by atoms with E-state index in [2.05, 4.69) is 20.9 Å². The molecular weight excluding hydrogens is 322 g/mol. The van der Waals surface area contributed by atoms with E-state index < -0.39 is 0 Å². The summed E-state index contributed by atoms with van der Waals surface area (Å²) in [5.74, 6) is 0.0301. The molecule has 5 heteroatoms. The molecule has 1 heterocycles. The number of nitrogens with zero attached hydrogens (tertiary/aromatic N) is 1. The molecule has 0 radical (unpaired) electrons. The molecule has 2 nitrogen and oxygen atoms in total. The molecule has 0 saturated carbocycles. The van der Waals surface area contributed by atoms with Crippen LogP contribution >= 0.6 is 38.9 Å². The van der Waals surface area contributed by atoms with Crippen LogP contribution < -0.4 is 0 Å². The highest BCUT2D eigenvalue weighted by atomic mass is 79.9. The molecule has 0 atom stereocenters. The maximum absolute atomic E-state index is 12.0. The first-order valence-electron chi connectivity index (χ1n) is 4.95. The Balaban J connectivity index is 2.19. The van der Waals surface area contributed by atoms with Gasteiger partial charge in [-0.1, -0.05) is 27.5 Å². The van der Waals surface area contributed by atoms with Gasteiger partial charge >= 0.3 is 0 Å². The average Bonchev–Trinajstić information content (AvgIpc) is 2.62. The van der Waals surface area contributed by atoms with Gasteiger partial charge in [-0.05, 0) is 25.1 Å². The highest BCUT2D eigenvalue weighted by Gasteiger charge is 2.11. The predicted molar refractivity (Wildman–Crippen MR) is 74.0 cm³/mol. The van der Waals surface area contributed by atoms with Gasteiger partial charge in [0.2, 0.25) is 0 Å². The van der Waals surface area contributed by atoms with Crippen molar-refractivity contribution in [2.24, 2.45) is 0 Å². The Hall–Kier alpha value is -0.710. The van der Waals surface area contributed by atoms with Crippen molar-refractivity contribution >= 4 is 44.7 Å². The predicted octanol–water partition coefficient (Wildman–Crippen LogP) is 4.29. The maximum atomic E-state index is 12.0. The number of hydrogen-bond acceptors (Lipinski definition) is 3. The molecule has 0 aliphatic heterocycles. The Morgan fingerprint density at radius 1 is 1.47 bits per heavy atom. The van der Waals surface area contributed by atoms with Crippen molar-refractivity contribution in [3.05, 3.63) is 49.3 Å². The Kier molecular flexibility index (Phi) is 3.97. The van der Waals surface area contributed by atoms with Crippen LogP contribution in [0.4, 0.5) is 0 Å². The van der Waals surface area contributed by atoms with Crippen LogP contribution in [0.3, 0.4) is 0 Å². The summed E-state index contributed by atoms with van der Waals surface area (Å²) in [7, 11) is 0. The Bertz CT molecular complexity index is 547. The van der Waals surface area contributed by atoms with Crippen LogP contribution in [0.5, 0.6) is 0 Å². The van der Waals surface area contributed by atoms with E-state index in [0.29, 0.717) is 17.0 Å². The summed E-state index contributed by atoms with van der Waals surface area (Å²) in [5.41, 5.74) is 1.56. The van der Waals surface area contributed by atoms with Crippen molar-refractivity contribution in [2.45, 2.75) is 13.3 Å². The molecular formula is C12H9BrClNOS. The first-order valence-corrected chi connectivity index (χ1v) is 7.00. The molecule has 17 heavy (non-hydrogen) atoms. The Morgan fingerprint density at radius 3 is 2.82 bits per heavy atom. The summed E-state index contributed by atoms with van der Waals surface area (Å²) < 4.78 is 0.809.